The first-order valence-electron chi connectivity index (χ1n) is 9.40. The number of carbonyl (C=O) groups is 1. The van der Waals surface area contributed by atoms with Crippen molar-refractivity contribution >= 4 is 5.91 Å². The van der Waals surface area contributed by atoms with Gasteiger partial charge in [0, 0.05) is 12.1 Å². The van der Waals surface area contributed by atoms with E-state index in [1.165, 1.54) is 6.07 Å². The molecule has 1 amide bonds. The number of carbonyl (C=O) groups excluding carboxylic acids is 1. The fraction of sp³-hybridized carbons (Fsp3) is 0.208. The molecule has 0 aliphatic heterocycles. The maximum absolute atomic E-state index is 13.9. The van der Waals surface area contributed by atoms with Crippen LogP contribution in [0.15, 0.2) is 84.9 Å². The molecule has 0 aromatic heterocycles. The molecule has 1 atom stereocenters. The Morgan fingerprint density at radius 3 is 1.93 bits per heavy atom. The molecular weight excluding hydrogens is 351 g/mol. The molecule has 3 nitrogen and oxygen atoms in total. The van der Waals surface area contributed by atoms with Gasteiger partial charge in [-0.3, -0.25) is 9.69 Å². The second-order valence-corrected chi connectivity index (χ2v) is 6.95. The Bertz CT molecular complexity index is 859. The molecule has 3 rings (SSSR count). The lowest BCUT2D eigenvalue weighted by Crippen LogP contribution is -2.44. The molecule has 0 heterocycles. The molecule has 0 aliphatic rings. The number of halogens is 1. The lowest BCUT2D eigenvalue weighted by molar-refractivity contribution is -0.126. The number of nitrogens with one attached hydrogen (secondary N) is 1. The van der Waals surface area contributed by atoms with Gasteiger partial charge in [-0.25, -0.2) is 4.39 Å². The standard InChI is InChI=1S/C24H25FN2O/c1-18(27(2)17-21-15-9-10-16-22(21)25)24(28)26-23(19-11-5-3-6-12-19)20-13-7-4-8-14-20/h3-16,18,23H,17H2,1-2H3,(H,26,28)/t18-/m0/s1. The molecule has 3 aromatic carbocycles. The van der Waals surface area contributed by atoms with Crippen LogP contribution in [-0.4, -0.2) is 23.9 Å². The summed E-state index contributed by atoms with van der Waals surface area (Å²) in [5.41, 5.74) is 2.62. The van der Waals surface area contributed by atoms with Gasteiger partial charge in [0.25, 0.3) is 0 Å². The number of likely N-dealkylation sites (N-methyl/N-ethyl adjacent to an activating group) is 1. The van der Waals surface area contributed by atoms with Crippen LogP contribution in [0.3, 0.4) is 0 Å². The maximum Gasteiger partial charge on any atom is 0.237 e. The van der Waals surface area contributed by atoms with Crippen molar-refractivity contribution in [3.8, 4) is 0 Å². The molecular formula is C24H25FN2O. The number of hydrogen-bond donors (Lipinski definition) is 1. The van der Waals surface area contributed by atoms with Gasteiger partial charge in [-0.2, -0.15) is 0 Å². The molecule has 4 heteroatoms. The first-order chi connectivity index (χ1) is 13.6. The van der Waals surface area contributed by atoms with E-state index in [9.17, 15) is 9.18 Å². The molecule has 28 heavy (non-hydrogen) atoms. The maximum atomic E-state index is 13.9. The summed E-state index contributed by atoms with van der Waals surface area (Å²) in [5.74, 6) is -0.357. The van der Waals surface area contributed by atoms with E-state index < -0.39 is 6.04 Å². The number of rotatable bonds is 7. The van der Waals surface area contributed by atoms with Gasteiger partial charge in [0.15, 0.2) is 0 Å². The zero-order chi connectivity index (χ0) is 19.9. The summed E-state index contributed by atoms with van der Waals surface area (Å²) in [6, 6.07) is 25.8. The predicted molar refractivity (Wildman–Crippen MR) is 110 cm³/mol. The average molecular weight is 376 g/mol. The smallest absolute Gasteiger partial charge is 0.237 e. The van der Waals surface area contributed by atoms with Crippen molar-refractivity contribution in [1.82, 2.24) is 10.2 Å². The van der Waals surface area contributed by atoms with E-state index in [0.717, 1.165) is 11.1 Å². The zero-order valence-electron chi connectivity index (χ0n) is 16.2. The van der Waals surface area contributed by atoms with Gasteiger partial charge in [-0.1, -0.05) is 78.9 Å². The highest BCUT2D eigenvalue weighted by molar-refractivity contribution is 5.82. The van der Waals surface area contributed by atoms with Crippen LogP contribution in [0.2, 0.25) is 0 Å². The lowest BCUT2D eigenvalue weighted by atomic mass is 9.98. The molecule has 0 fully saturated rings. The Balaban J connectivity index is 1.75. The van der Waals surface area contributed by atoms with Gasteiger partial charge in [0.1, 0.15) is 5.82 Å². The first kappa shape index (κ1) is 19.8. The van der Waals surface area contributed by atoms with E-state index in [0.29, 0.717) is 12.1 Å². The topological polar surface area (TPSA) is 32.3 Å². The van der Waals surface area contributed by atoms with Crippen LogP contribution in [-0.2, 0) is 11.3 Å². The third-order valence-corrected chi connectivity index (χ3v) is 4.97. The fourth-order valence-corrected chi connectivity index (χ4v) is 3.15. The molecule has 0 radical (unpaired) electrons. The third-order valence-electron chi connectivity index (χ3n) is 4.97. The van der Waals surface area contributed by atoms with Crippen molar-refractivity contribution in [2.45, 2.75) is 25.6 Å². The van der Waals surface area contributed by atoms with E-state index in [1.54, 1.807) is 18.2 Å². The summed E-state index contributed by atoms with van der Waals surface area (Å²) in [4.78, 5) is 14.8. The number of amides is 1. The molecule has 0 unspecified atom stereocenters. The Labute approximate surface area is 165 Å². The Hall–Kier alpha value is -2.98. The Kier molecular flexibility index (Phi) is 6.56. The van der Waals surface area contributed by atoms with Crippen LogP contribution >= 0.6 is 0 Å². The van der Waals surface area contributed by atoms with Crippen LogP contribution < -0.4 is 5.32 Å². The van der Waals surface area contributed by atoms with Crippen molar-refractivity contribution in [2.75, 3.05) is 7.05 Å². The molecule has 0 saturated carbocycles. The summed E-state index contributed by atoms with van der Waals surface area (Å²) in [6.07, 6.45) is 0. The van der Waals surface area contributed by atoms with E-state index in [-0.39, 0.29) is 17.8 Å². The van der Waals surface area contributed by atoms with Gasteiger partial charge in [-0.05, 0) is 31.2 Å². The SMILES string of the molecule is C[C@@H](C(=O)NC(c1ccccc1)c1ccccc1)N(C)Cc1ccccc1F. The van der Waals surface area contributed by atoms with E-state index in [4.69, 9.17) is 0 Å². The van der Waals surface area contributed by atoms with Crippen LogP contribution in [0.5, 0.6) is 0 Å². The summed E-state index contributed by atoms with van der Waals surface area (Å²) in [6.45, 7) is 2.20. The fourth-order valence-electron chi connectivity index (χ4n) is 3.15. The van der Waals surface area contributed by atoms with Crippen LogP contribution in [0, 0.1) is 5.82 Å². The molecule has 144 valence electrons. The highest BCUT2D eigenvalue weighted by atomic mass is 19.1. The van der Waals surface area contributed by atoms with Crippen molar-refractivity contribution < 1.29 is 9.18 Å². The monoisotopic (exact) mass is 376 g/mol. The molecule has 0 bridgehead atoms. The first-order valence-corrected chi connectivity index (χ1v) is 9.40. The number of benzene rings is 3. The molecule has 1 N–H and O–H groups in total. The van der Waals surface area contributed by atoms with Crippen molar-refractivity contribution in [2.24, 2.45) is 0 Å². The second kappa shape index (κ2) is 9.29. The summed E-state index contributed by atoms with van der Waals surface area (Å²) in [5, 5.41) is 3.16. The largest absolute Gasteiger partial charge is 0.344 e. The van der Waals surface area contributed by atoms with Gasteiger partial charge in [0.05, 0.1) is 12.1 Å². The number of hydrogen-bond acceptors (Lipinski definition) is 2. The third kappa shape index (κ3) is 4.84. The van der Waals surface area contributed by atoms with Gasteiger partial charge < -0.3 is 5.32 Å². The van der Waals surface area contributed by atoms with Crippen molar-refractivity contribution in [3.63, 3.8) is 0 Å². The molecule has 3 aromatic rings. The van der Waals surface area contributed by atoms with Crippen molar-refractivity contribution in [1.29, 1.82) is 0 Å². The number of nitrogens with zero attached hydrogens (tertiary/aromatic N) is 1. The van der Waals surface area contributed by atoms with E-state index >= 15 is 0 Å². The average Bonchev–Trinajstić information content (AvgIpc) is 2.74. The molecule has 0 aliphatic carbocycles. The highest BCUT2D eigenvalue weighted by Crippen LogP contribution is 2.22. The lowest BCUT2D eigenvalue weighted by Gasteiger charge is -2.27. The minimum Gasteiger partial charge on any atom is -0.344 e. The Morgan fingerprint density at radius 1 is 0.893 bits per heavy atom. The Morgan fingerprint density at radius 2 is 1.39 bits per heavy atom. The van der Waals surface area contributed by atoms with Crippen LogP contribution in [0.1, 0.15) is 29.7 Å². The zero-order valence-corrected chi connectivity index (χ0v) is 16.2. The summed E-state index contributed by atoms with van der Waals surface area (Å²) >= 11 is 0. The van der Waals surface area contributed by atoms with Gasteiger partial charge >= 0.3 is 0 Å². The van der Waals surface area contributed by atoms with Gasteiger partial charge in [-0.15, -0.1) is 0 Å². The van der Waals surface area contributed by atoms with Crippen LogP contribution in [0.4, 0.5) is 4.39 Å². The second-order valence-electron chi connectivity index (χ2n) is 6.95. The van der Waals surface area contributed by atoms with E-state index in [2.05, 4.69) is 5.32 Å². The summed E-state index contributed by atoms with van der Waals surface area (Å²) < 4.78 is 13.9. The van der Waals surface area contributed by atoms with Gasteiger partial charge in [0.2, 0.25) is 5.91 Å². The normalized spacial score (nSPS) is 12.2. The highest BCUT2D eigenvalue weighted by Gasteiger charge is 2.23. The van der Waals surface area contributed by atoms with Crippen molar-refractivity contribution in [3.05, 3.63) is 107 Å². The predicted octanol–water partition coefficient (Wildman–Crippen LogP) is 4.55. The minimum atomic E-state index is -0.408. The minimum absolute atomic E-state index is 0.100. The van der Waals surface area contributed by atoms with E-state index in [1.807, 2.05) is 79.5 Å². The summed E-state index contributed by atoms with van der Waals surface area (Å²) in [7, 11) is 1.83. The van der Waals surface area contributed by atoms with Crippen LogP contribution in [0.25, 0.3) is 0 Å². The quantitative estimate of drug-likeness (QED) is 0.656. The molecule has 0 spiro atoms. The molecule has 0 saturated heterocycles.